The Kier molecular flexibility index (Phi) is 7.87. The summed E-state index contributed by atoms with van der Waals surface area (Å²) >= 11 is 1.07. The molecule has 9 nitrogen and oxygen atoms in total. The number of nitrogens with zero attached hydrogens (tertiary/aromatic N) is 5. The monoisotopic (exact) mass is 465 g/mol. The second-order valence-electron chi connectivity index (χ2n) is 6.21. The van der Waals surface area contributed by atoms with Crippen LogP contribution in [0.4, 0.5) is 10.8 Å². The van der Waals surface area contributed by atoms with Crippen LogP contribution >= 0.6 is 11.3 Å². The number of rotatable bonds is 6. The maximum Gasteiger partial charge on any atom is 0.357 e. The Balaban J connectivity index is 0.00000149. The predicted molar refractivity (Wildman–Crippen MR) is 127 cm³/mol. The Morgan fingerprint density at radius 1 is 1.00 bits per heavy atom. The average molecular weight is 466 g/mol. The smallest absolute Gasteiger partial charge is 0.357 e. The lowest BCUT2D eigenvalue weighted by Crippen LogP contribution is -2.20. The first-order valence-electron chi connectivity index (χ1n) is 10.3. The van der Waals surface area contributed by atoms with Gasteiger partial charge >= 0.3 is 11.5 Å². The van der Waals surface area contributed by atoms with E-state index in [0.29, 0.717) is 11.4 Å². The highest BCUT2D eigenvalue weighted by Gasteiger charge is 2.22. The average Bonchev–Trinajstić information content (AvgIpc) is 3.43. The molecule has 4 rings (SSSR count). The molecule has 2 aromatic carbocycles. The van der Waals surface area contributed by atoms with E-state index in [0.717, 1.165) is 11.3 Å². The van der Waals surface area contributed by atoms with Crippen LogP contribution in [0.1, 0.15) is 31.3 Å². The van der Waals surface area contributed by atoms with Gasteiger partial charge in [0.25, 0.3) is 0 Å². The van der Waals surface area contributed by atoms with E-state index in [-0.39, 0.29) is 29.0 Å². The second-order valence-corrected chi connectivity index (χ2v) is 7.04. The molecule has 0 aliphatic heterocycles. The highest BCUT2D eigenvalue weighted by Crippen LogP contribution is 2.30. The van der Waals surface area contributed by atoms with Gasteiger partial charge < -0.3 is 9.84 Å². The van der Waals surface area contributed by atoms with Crippen molar-refractivity contribution in [3.8, 4) is 17.3 Å². The Morgan fingerprint density at radius 3 is 2.15 bits per heavy atom. The topological polar surface area (TPSA) is 111 Å². The van der Waals surface area contributed by atoms with Crippen LogP contribution < -0.4 is 5.56 Å². The zero-order valence-corrected chi connectivity index (χ0v) is 19.2. The fraction of sp³-hybridized carbons (Fsp3) is 0.174. The molecule has 0 radical (unpaired) electrons. The number of aromatic hydroxyl groups is 1. The van der Waals surface area contributed by atoms with Crippen LogP contribution in [0.3, 0.4) is 0 Å². The molecule has 0 aliphatic rings. The first kappa shape index (κ1) is 23.6. The van der Waals surface area contributed by atoms with Crippen LogP contribution in [-0.4, -0.2) is 32.0 Å². The summed E-state index contributed by atoms with van der Waals surface area (Å²) in [6.07, 6.45) is 0. The summed E-state index contributed by atoms with van der Waals surface area (Å²) in [5.41, 5.74) is 0.417. The fourth-order valence-corrected chi connectivity index (χ4v) is 3.48. The van der Waals surface area contributed by atoms with Gasteiger partial charge in [-0.15, -0.1) is 21.6 Å². The number of ether oxygens (including phenoxy) is 1. The Labute approximate surface area is 194 Å². The molecule has 2 aromatic heterocycles. The van der Waals surface area contributed by atoms with E-state index in [1.165, 1.54) is 14.7 Å². The molecule has 0 spiro atoms. The normalized spacial score (nSPS) is 10.6. The van der Waals surface area contributed by atoms with E-state index in [2.05, 4.69) is 15.2 Å². The largest absolute Gasteiger partial charge is 0.492 e. The van der Waals surface area contributed by atoms with Gasteiger partial charge in [-0.3, -0.25) is 4.79 Å². The molecule has 0 saturated carbocycles. The van der Waals surface area contributed by atoms with Gasteiger partial charge in [0.05, 0.1) is 18.0 Å². The van der Waals surface area contributed by atoms with Gasteiger partial charge in [0.1, 0.15) is 0 Å². The molecule has 0 fully saturated rings. The summed E-state index contributed by atoms with van der Waals surface area (Å²) in [7, 11) is 0. The van der Waals surface area contributed by atoms with Crippen molar-refractivity contribution in [2.75, 3.05) is 6.61 Å². The number of para-hydroxylation sites is 2. The molecule has 1 N–H and O–H groups in total. The van der Waals surface area contributed by atoms with Gasteiger partial charge in [-0.05, 0) is 31.2 Å². The van der Waals surface area contributed by atoms with E-state index in [9.17, 15) is 14.7 Å². The number of hydrogen-bond donors (Lipinski definition) is 1. The number of hydrogen-bond acceptors (Lipinski definition) is 8. The SMILES string of the molecule is CC.CCOC(=O)c1csc(N=Nc2c(O)n(-c3ccccc3)n(-c3ccccc3)c2=O)n1. The zero-order valence-electron chi connectivity index (χ0n) is 18.4. The minimum Gasteiger partial charge on any atom is -0.492 e. The number of azo groups is 1. The summed E-state index contributed by atoms with van der Waals surface area (Å²) in [6.45, 7) is 5.93. The van der Waals surface area contributed by atoms with Crippen molar-refractivity contribution in [3.63, 3.8) is 0 Å². The lowest BCUT2D eigenvalue weighted by Gasteiger charge is -2.12. The first-order chi connectivity index (χ1) is 16.1. The van der Waals surface area contributed by atoms with Crippen molar-refractivity contribution in [2.24, 2.45) is 10.2 Å². The van der Waals surface area contributed by atoms with E-state index < -0.39 is 11.5 Å². The van der Waals surface area contributed by atoms with Crippen LogP contribution in [-0.2, 0) is 4.74 Å². The number of esters is 1. The van der Waals surface area contributed by atoms with Crippen molar-refractivity contribution >= 4 is 28.1 Å². The molecule has 4 aromatic rings. The number of carbonyl (C=O) groups is 1. The number of thiazole rings is 1. The van der Waals surface area contributed by atoms with Crippen molar-refractivity contribution in [1.29, 1.82) is 0 Å². The van der Waals surface area contributed by atoms with Crippen LogP contribution in [0.15, 0.2) is 81.1 Å². The minimum atomic E-state index is -0.565. The Bertz CT molecular complexity index is 1290. The predicted octanol–water partition coefficient (Wildman–Crippen LogP) is 5.41. The zero-order chi connectivity index (χ0) is 23.8. The highest BCUT2D eigenvalue weighted by atomic mass is 32.1. The summed E-state index contributed by atoms with van der Waals surface area (Å²) in [4.78, 5) is 28.9. The van der Waals surface area contributed by atoms with Crippen LogP contribution in [0.2, 0.25) is 0 Å². The van der Waals surface area contributed by atoms with E-state index in [1.54, 1.807) is 55.5 Å². The molecular formula is C23H23N5O4S. The van der Waals surface area contributed by atoms with Crippen LogP contribution in [0.25, 0.3) is 11.4 Å². The molecule has 10 heteroatoms. The summed E-state index contributed by atoms with van der Waals surface area (Å²) in [5, 5.41) is 20.4. The summed E-state index contributed by atoms with van der Waals surface area (Å²) in [6, 6.07) is 17.8. The minimum absolute atomic E-state index is 0.105. The van der Waals surface area contributed by atoms with Gasteiger partial charge in [-0.2, -0.15) is 0 Å². The Morgan fingerprint density at radius 2 is 1.58 bits per heavy atom. The molecule has 0 bridgehead atoms. The van der Waals surface area contributed by atoms with Crippen molar-refractivity contribution < 1.29 is 14.6 Å². The molecule has 0 atom stereocenters. The standard InChI is InChI=1S/C21H17N5O4S.C2H6/c1-2-30-20(29)16-13-31-21(22-16)24-23-17-18(27)25(14-9-5-3-6-10-14)26(19(17)28)15-11-7-4-8-12-15;1-2/h3-13,27H,2H2,1H3;1-2H3. The van der Waals surface area contributed by atoms with Gasteiger partial charge in [-0.1, -0.05) is 50.2 Å². The van der Waals surface area contributed by atoms with Gasteiger partial charge in [0, 0.05) is 5.38 Å². The summed E-state index contributed by atoms with van der Waals surface area (Å²) in [5.74, 6) is -0.935. The van der Waals surface area contributed by atoms with Crippen LogP contribution in [0, 0.1) is 0 Å². The molecule has 0 amide bonds. The molecular weight excluding hydrogens is 442 g/mol. The lowest BCUT2D eigenvalue weighted by molar-refractivity contribution is 0.0520. The molecule has 0 aliphatic carbocycles. The van der Waals surface area contributed by atoms with Gasteiger partial charge in [0.2, 0.25) is 16.7 Å². The van der Waals surface area contributed by atoms with Gasteiger partial charge in [0.15, 0.2) is 5.69 Å². The maximum atomic E-state index is 13.1. The van der Waals surface area contributed by atoms with Crippen molar-refractivity contribution in [2.45, 2.75) is 20.8 Å². The maximum absolute atomic E-state index is 13.1. The van der Waals surface area contributed by atoms with Gasteiger partial charge in [-0.25, -0.2) is 19.1 Å². The van der Waals surface area contributed by atoms with E-state index in [4.69, 9.17) is 4.74 Å². The van der Waals surface area contributed by atoms with E-state index >= 15 is 0 Å². The molecule has 0 saturated heterocycles. The molecule has 170 valence electrons. The molecule has 2 heterocycles. The quantitative estimate of drug-likeness (QED) is 0.302. The molecule has 33 heavy (non-hydrogen) atoms. The Hall–Kier alpha value is -4.05. The highest BCUT2D eigenvalue weighted by molar-refractivity contribution is 7.13. The third kappa shape index (κ3) is 5.07. The van der Waals surface area contributed by atoms with E-state index in [1.807, 2.05) is 26.0 Å². The number of carbonyl (C=O) groups excluding carboxylic acids is 1. The molecule has 0 unspecified atom stereocenters. The number of benzene rings is 2. The third-order valence-electron chi connectivity index (χ3n) is 4.22. The third-order valence-corrected chi connectivity index (χ3v) is 4.95. The second kappa shape index (κ2) is 11.0. The first-order valence-corrected chi connectivity index (χ1v) is 11.2. The fourth-order valence-electron chi connectivity index (χ4n) is 2.88. The van der Waals surface area contributed by atoms with Crippen LogP contribution in [0.5, 0.6) is 5.88 Å². The van der Waals surface area contributed by atoms with Crippen molar-refractivity contribution in [1.82, 2.24) is 14.3 Å². The lowest BCUT2D eigenvalue weighted by atomic mass is 10.3. The summed E-state index contributed by atoms with van der Waals surface area (Å²) < 4.78 is 7.57. The number of aromatic nitrogens is 3. The van der Waals surface area contributed by atoms with Crippen molar-refractivity contribution in [3.05, 3.63) is 82.1 Å².